The maximum atomic E-state index is 13.4. The molecule has 0 aliphatic carbocycles. The molecule has 2 atom stereocenters. The van der Waals surface area contributed by atoms with Gasteiger partial charge in [0, 0.05) is 42.7 Å². The molecule has 1 amide bonds. The Morgan fingerprint density at radius 2 is 2.06 bits per heavy atom. The molecule has 3 aromatic rings. The summed E-state index contributed by atoms with van der Waals surface area (Å²) in [6, 6.07) is 11.4. The number of hydrogen-bond acceptors (Lipinski definition) is 4. The van der Waals surface area contributed by atoms with E-state index in [4.69, 9.17) is 21.4 Å². The number of carboxylic acids is 1. The van der Waals surface area contributed by atoms with Gasteiger partial charge in [-0.3, -0.25) is 14.6 Å². The fraction of sp³-hybridized carbons (Fsp3) is 0.292. The van der Waals surface area contributed by atoms with Crippen molar-refractivity contribution in [1.82, 2.24) is 9.88 Å². The van der Waals surface area contributed by atoms with Gasteiger partial charge in [-0.2, -0.15) is 0 Å². The molecule has 4 rings (SSSR count). The second-order valence-corrected chi connectivity index (χ2v) is 8.37. The fourth-order valence-corrected chi connectivity index (χ4v) is 4.37. The van der Waals surface area contributed by atoms with Gasteiger partial charge in [-0.15, -0.1) is 0 Å². The first kappa shape index (κ1) is 22.0. The molecule has 1 aliphatic heterocycles. The molecule has 1 N–H and O–H groups in total. The summed E-state index contributed by atoms with van der Waals surface area (Å²) in [7, 11) is 0. The highest BCUT2D eigenvalue weighted by molar-refractivity contribution is 6.33. The number of carbonyl (C=O) groups is 2. The third-order valence-electron chi connectivity index (χ3n) is 5.66. The van der Waals surface area contributed by atoms with Gasteiger partial charge in [0.05, 0.1) is 10.5 Å². The molecule has 1 aliphatic rings. The van der Waals surface area contributed by atoms with Crippen LogP contribution in [0.25, 0.3) is 22.0 Å². The van der Waals surface area contributed by atoms with Crippen LogP contribution in [0, 0.1) is 11.7 Å². The Labute approximate surface area is 189 Å². The number of nitrogens with zero attached hydrogens (tertiary/aromatic N) is 2. The minimum atomic E-state index is -0.849. The van der Waals surface area contributed by atoms with E-state index in [0.29, 0.717) is 41.4 Å². The van der Waals surface area contributed by atoms with Gasteiger partial charge in [-0.05, 0) is 61.2 Å². The van der Waals surface area contributed by atoms with Gasteiger partial charge in [0.25, 0.3) is 5.91 Å². The van der Waals surface area contributed by atoms with Crippen molar-refractivity contribution in [3.05, 3.63) is 59.5 Å². The first-order valence-corrected chi connectivity index (χ1v) is 10.7. The second kappa shape index (κ2) is 9.12. The number of amides is 1. The van der Waals surface area contributed by atoms with E-state index in [0.717, 1.165) is 10.9 Å². The number of carbonyl (C=O) groups excluding carboxylic acids is 1. The summed E-state index contributed by atoms with van der Waals surface area (Å²) in [6.45, 7) is 2.64. The van der Waals surface area contributed by atoms with Gasteiger partial charge in [0.2, 0.25) is 0 Å². The standard InChI is InChI=1S/C24H22ClFN2O4/c1-14(24(31)28-9-7-15(13-28)10-23(29)30)32-17-3-5-20-18(6-8-27-22(20)12-17)19-4-2-16(26)11-21(19)25/h2-6,8,11-12,14-15H,7,9-10,13H2,1H3,(H,29,30)/t14?,15-/m0/s1. The minimum Gasteiger partial charge on any atom is -0.481 e. The fourth-order valence-electron chi connectivity index (χ4n) is 4.10. The Balaban J connectivity index is 1.51. The first-order valence-electron chi connectivity index (χ1n) is 10.3. The highest BCUT2D eigenvalue weighted by Crippen LogP contribution is 2.34. The van der Waals surface area contributed by atoms with Crippen LogP contribution in [0.3, 0.4) is 0 Å². The highest BCUT2D eigenvalue weighted by atomic mass is 35.5. The summed E-state index contributed by atoms with van der Waals surface area (Å²) in [5, 5.41) is 10.1. The van der Waals surface area contributed by atoms with Crippen LogP contribution in [0.15, 0.2) is 48.7 Å². The number of hydrogen-bond donors (Lipinski definition) is 1. The Morgan fingerprint density at radius 3 is 2.81 bits per heavy atom. The van der Waals surface area contributed by atoms with Gasteiger partial charge in [-0.1, -0.05) is 11.6 Å². The summed E-state index contributed by atoms with van der Waals surface area (Å²) >= 11 is 6.24. The van der Waals surface area contributed by atoms with E-state index in [-0.39, 0.29) is 18.2 Å². The third-order valence-corrected chi connectivity index (χ3v) is 5.97. The molecule has 8 heteroatoms. The normalized spacial score (nSPS) is 16.8. The van der Waals surface area contributed by atoms with Gasteiger partial charge in [-0.25, -0.2) is 4.39 Å². The van der Waals surface area contributed by atoms with Crippen molar-refractivity contribution in [2.45, 2.75) is 25.9 Å². The van der Waals surface area contributed by atoms with Crippen LogP contribution in [0.2, 0.25) is 5.02 Å². The topological polar surface area (TPSA) is 79.7 Å². The van der Waals surface area contributed by atoms with Gasteiger partial charge in [0.1, 0.15) is 11.6 Å². The largest absolute Gasteiger partial charge is 0.481 e. The number of fused-ring (bicyclic) bond motifs is 1. The predicted octanol–water partition coefficient (Wildman–Crippen LogP) is 4.78. The highest BCUT2D eigenvalue weighted by Gasteiger charge is 2.31. The second-order valence-electron chi connectivity index (χ2n) is 7.96. The molecule has 0 spiro atoms. The molecular formula is C24H22ClFN2O4. The lowest BCUT2D eigenvalue weighted by molar-refractivity contribution is -0.139. The van der Waals surface area contributed by atoms with E-state index in [9.17, 15) is 14.0 Å². The average molecular weight is 457 g/mol. The summed E-state index contributed by atoms with van der Waals surface area (Å²) in [6.07, 6.45) is 1.67. The predicted molar refractivity (Wildman–Crippen MR) is 119 cm³/mol. The first-order chi connectivity index (χ1) is 15.3. The van der Waals surface area contributed by atoms with Crippen LogP contribution in [0.5, 0.6) is 5.75 Å². The molecule has 1 fully saturated rings. The van der Waals surface area contributed by atoms with Crippen molar-refractivity contribution in [1.29, 1.82) is 0 Å². The lowest BCUT2D eigenvalue weighted by Crippen LogP contribution is -2.39. The zero-order chi connectivity index (χ0) is 22.8. The number of aromatic nitrogens is 1. The Kier molecular flexibility index (Phi) is 6.28. The lowest BCUT2D eigenvalue weighted by atomic mass is 10.0. The Morgan fingerprint density at radius 1 is 1.25 bits per heavy atom. The maximum absolute atomic E-state index is 13.4. The van der Waals surface area contributed by atoms with Crippen molar-refractivity contribution in [2.24, 2.45) is 5.92 Å². The molecule has 32 heavy (non-hydrogen) atoms. The molecule has 1 saturated heterocycles. The molecule has 0 bridgehead atoms. The van der Waals surface area contributed by atoms with Crippen molar-refractivity contribution < 1.29 is 23.8 Å². The van der Waals surface area contributed by atoms with E-state index >= 15 is 0 Å². The SMILES string of the molecule is CC(Oc1ccc2c(-c3ccc(F)cc3Cl)ccnc2c1)C(=O)N1CC[C@@H](CC(=O)O)C1. The smallest absolute Gasteiger partial charge is 0.303 e. The minimum absolute atomic E-state index is 0.0229. The van der Waals surface area contributed by atoms with E-state index in [1.807, 2.05) is 12.1 Å². The summed E-state index contributed by atoms with van der Waals surface area (Å²) in [4.78, 5) is 29.7. The van der Waals surface area contributed by atoms with E-state index in [2.05, 4.69) is 4.98 Å². The number of carboxylic acid groups (broad SMARTS) is 1. The molecular weight excluding hydrogens is 435 g/mol. The monoisotopic (exact) mass is 456 g/mol. The number of ether oxygens (including phenoxy) is 1. The summed E-state index contributed by atoms with van der Waals surface area (Å²) in [5.41, 5.74) is 2.17. The van der Waals surface area contributed by atoms with Crippen LogP contribution < -0.4 is 4.74 Å². The van der Waals surface area contributed by atoms with Crippen LogP contribution in [-0.4, -0.2) is 46.1 Å². The number of likely N-dealkylation sites (tertiary alicyclic amines) is 1. The van der Waals surface area contributed by atoms with Crippen molar-refractivity contribution in [3.8, 4) is 16.9 Å². The quantitative estimate of drug-likeness (QED) is 0.577. The number of aliphatic carboxylic acids is 1. The number of benzene rings is 2. The third kappa shape index (κ3) is 4.67. The van der Waals surface area contributed by atoms with Crippen LogP contribution >= 0.6 is 11.6 Å². The van der Waals surface area contributed by atoms with E-state index < -0.39 is 17.9 Å². The van der Waals surface area contributed by atoms with Crippen LogP contribution in [-0.2, 0) is 9.59 Å². The molecule has 2 heterocycles. The molecule has 1 aromatic heterocycles. The summed E-state index contributed by atoms with van der Waals surface area (Å²) < 4.78 is 19.3. The molecule has 0 radical (unpaired) electrons. The van der Waals surface area contributed by atoms with Gasteiger partial charge >= 0.3 is 5.97 Å². The van der Waals surface area contributed by atoms with E-state index in [1.165, 1.54) is 12.1 Å². The maximum Gasteiger partial charge on any atom is 0.303 e. The molecule has 1 unspecified atom stereocenters. The van der Waals surface area contributed by atoms with Crippen molar-refractivity contribution in [2.75, 3.05) is 13.1 Å². The van der Waals surface area contributed by atoms with Crippen molar-refractivity contribution in [3.63, 3.8) is 0 Å². The zero-order valence-corrected chi connectivity index (χ0v) is 18.2. The number of halogens is 2. The average Bonchev–Trinajstić information content (AvgIpc) is 3.20. The van der Waals surface area contributed by atoms with Gasteiger partial charge < -0.3 is 14.7 Å². The van der Waals surface area contributed by atoms with Crippen LogP contribution in [0.4, 0.5) is 4.39 Å². The molecule has 0 saturated carbocycles. The Bertz CT molecular complexity index is 1190. The molecule has 166 valence electrons. The zero-order valence-electron chi connectivity index (χ0n) is 17.4. The molecule has 6 nitrogen and oxygen atoms in total. The number of pyridine rings is 1. The Hall–Kier alpha value is -3.19. The van der Waals surface area contributed by atoms with E-state index in [1.54, 1.807) is 36.2 Å². The lowest BCUT2D eigenvalue weighted by Gasteiger charge is -2.22. The number of rotatable bonds is 6. The molecule has 2 aromatic carbocycles. The van der Waals surface area contributed by atoms with Crippen molar-refractivity contribution >= 4 is 34.4 Å². The van der Waals surface area contributed by atoms with Gasteiger partial charge in [0.15, 0.2) is 6.10 Å². The van der Waals surface area contributed by atoms with Crippen LogP contribution in [0.1, 0.15) is 19.8 Å². The summed E-state index contributed by atoms with van der Waals surface area (Å²) in [5.74, 6) is -0.949.